The number of benzene rings is 3. The normalized spacial score (nSPS) is 10.6. The summed E-state index contributed by atoms with van der Waals surface area (Å²) < 4.78 is 13.1. The number of hydrogen-bond acceptors (Lipinski definition) is 2. The Bertz CT molecular complexity index is 949. The minimum atomic E-state index is -0.356. The Morgan fingerprint density at radius 1 is 0.963 bits per heavy atom. The molecule has 138 valence electrons. The van der Waals surface area contributed by atoms with E-state index in [1.165, 1.54) is 17.0 Å². The Morgan fingerprint density at radius 2 is 1.67 bits per heavy atom. The largest absolute Gasteiger partial charge is 0.347 e. The van der Waals surface area contributed by atoms with Crippen molar-refractivity contribution in [1.82, 2.24) is 5.32 Å². The lowest BCUT2D eigenvalue weighted by Gasteiger charge is -2.21. The van der Waals surface area contributed by atoms with Crippen molar-refractivity contribution >= 4 is 28.3 Å². The van der Waals surface area contributed by atoms with Gasteiger partial charge in [0.2, 0.25) is 11.8 Å². The van der Waals surface area contributed by atoms with Gasteiger partial charge < -0.3 is 10.2 Å². The number of carbonyl (C=O) groups is 2. The molecular formula is C22H21FN2O2. The van der Waals surface area contributed by atoms with Crippen molar-refractivity contribution in [2.45, 2.75) is 13.3 Å². The maximum Gasteiger partial charge on any atom is 0.246 e. The molecule has 3 aromatic rings. The van der Waals surface area contributed by atoms with Crippen LogP contribution in [0.4, 0.5) is 10.1 Å². The predicted molar refractivity (Wildman–Crippen MR) is 105 cm³/mol. The van der Waals surface area contributed by atoms with Crippen molar-refractivity contribution in [3.63, 3.8) is 0 Å². The summed E-state index contributed by atoms with van der Waals surface area (Å²) in [5.74, 6) is -0.809. The van der Waals surface area contributed by atoms with Crippen LogP contribution >= 0.6 is 0 Å². The molecule has 27 heavy (non-hydrogen) atoms. The van der Waals surface area contributed by atoms with Gasteiger partial charge in [0.1, 0.15) is 5.82 Å². The lowest BCUT2D eigenvalue weighted by molar-refractivity contribution is -0.124. The molecular weight excluding hydrogens is 343 g/mol. The van der Waals surface area contributed by atoms with Gasteiger partial charge in [-0.3, -0.25) is 9.59 Å². The molecule has 0 aliphatic rings. The molecule has 0 radical (unpaired) electrons. The SMILES string of the molecule is CCN(C(=O)CNC(=O)Cc1cccc2ccccc12)c1ccc(F)cc1. The smallest absolute Gasteiger partial charge is 0.246 e. The van der Waals surface area contributed by atoms with Gasteiger partial charge in [-0.15, -0.1) is 0 Å². The fourth-order valence-corrected chi connectivity index (χ4v) is 3.08. The molecule has 1 N–H and O–H groups in total. The summed E-state index contributed by atoms with van der Waals surface area (Å²) in [6.45, 7) is 2.16. The van der Waals surface area contributed by atoms with E-state index in [0.29, 0.717) is 12.2 Å². The number of likely N-dealkylation sites (N-methyl/N-ethyl adjacent to an activating group) is 1. The van der Waals surface area contributed by atoms with Crippen LogP contribution in [0, 0.1) is 5.82 Å². The van der Waals surface area contributed by atoms with Gasteiger partial charge in [-0.2, -0.15) is 0 Å². The average molecular weight is 364 g/mol. The van der Waals surface area contributed by atoms with Gasteiger partial charge in [-0.05, 0) is 47.5 Å². The second kappa shape index (κ2) is 8.45. The Kier molecular flexibility index (Phi) is 5.81. The Labute approximate surface area is 157 Å². The lowest BCUT2D eigenvalue weighted by Crippen LogP contribution is -2.40. The summed E-state index contributed by atoms with van der Waals surface area (Å²) in [5.41, 5.74) is 1.52. The molecule has 2 amide bonds. The van der Waals surface area contributed by atoms with E-state index in [-0.39, 0.29) is 30.6 Å². The maximum atomic E-state index is 13.1. The Hall–Kier alpha value is -3.21. The standard InChI is InChI=1S/C22H21FN2O2/c1-2-25(19-12-10-18(23)11-13-19)22(27)15-24-21(26)14-17-8-5-7-16-6-3-4-9-20(16)17/h3-13H,2,14-15H2,1H3,(H,24,26). The van der Waals surface area contributed by atoms with Crippen molar-refractivity contribution in [3.8, 4) is 0 Å². The third-order valence-corrected chi connectivity index (χ3v) is 4.42. The van der Waals surface area contributed by atoms with Crippen LogP contribution in [-0.4, -0.2) is 24.9 Å². The molecule has 0 saturated heterocycles. The molecule has 0 heterocycles. The number of anilines is 1. The number of halogens is 1. The minimum Gasteiger partial charge on any atom is -0.347 e. The number of nitrogens with one attached hydrogen (secondary N) is 1. The van der Waals surface area contributed by atoms with E-state index >= 15 is 0 Å². The molecule has 0 spiro atoms. The molecule has 0 unspecified atom stereocenters. The first kappa shape index (κ1) is 18.6. The molecule has 0 saturated carbocycles. The second-order valence-electron chi connectivity index (χ2n) is 6.21. The highest BCUT2D eigenvalue weighted by Gasteiger charge is 2.15. The van der Waals surface area contributed by atoms with E-state index in [2.05, 4.69) is 5.32 Å². The first-order valence-electron chi connectivity index (χ1n) is 8.87. The lowest BCUT2D eigenvalue weighted by atomic mass is 10.0. The third kappa shape index (κ3) is 4.50. The topological polar surface area (TPSA) is 49.4 Å². The zero-order valence-corrected chi connectivity index (χ0v) is 15.1. The highest BCUT2D eigenvalue weighted by atomic mass is 19.1. The van der Waals surface area contributed by atoms with Gasteiger partial charge in [-0.1, -0.05) is 42.5 Å². The van der Waals surface area contributed by atoms with Gasteiger partial charge in [0.05, 0.1) is 13.0 Å². The Balaban J connectivity index is 1.62. The van der Waals surface area contributed by atoms with Crippen molar-refractivity contribution in [2.24, 2.45) is 0 Å². The highest BCUT2D eigenvalue weighted by Crippen LogP contribution is 2.19. The van der Waals surface area contributed by atoms with Gasteiger partial charge in [0, 0.05) is 12.2 Å². The highest BCUT2D eigenvalue weighted by molar-refractivity contribution is 5.97. The van der Waals surface area contributed by atoms with Crippen LogP contribution in [0.2, 0.25) is 0 Å². The number of nitrogens with zero attached hydrogens (tertiary/aromatic N) is 1. The maximum absolute atomic E-state index is 13.1. The molecule has 3 aromatic carbocycles. The molecule has 4 nitrogen and oxygen atoms in total. The summed E-state index contributed by atoms with van der Waals surface area (Å²) in [4.78, 5) is 26.3. The van der Waals surface area contributed by atoms with E-state index in [1.54, 1.807) is 12.1 Å². The average Bonchev–Trinajstić information content (AvgIpc) is 2.69. The molecule has 3 rings (SSSR count). The van der Waals surface area contributed by atoms with Gasteiger partial charge in [-0.25, -0.2) is 4.39 Å². The van der Waals surface area contributed by atoms with Crippen molar-refractivity contribution in [1.29, 1.82) is 0 Å². The van der Waals surface area contributed by atoms with Crippen LogP contribution in [0.15, 0.2) is 66.7 Å². The monoisotopic (exact) mass is 364 g/mol. The zero-order chi connectivity index (χ0) is 19.2. The second-order valence-corrected chi connectivity index (χ2v) is 6.21. The van der Waals surface area contributed by atoms with Gasteiger partial charge in [0.15, 0.2) is 0 Å². The number of amides is 2. The first-order chi connectivity index (χ1) is 13.1. The number of hydrogen-bond donors (Lipinski definition) is 1. The first-order valence-corrected chi connectivity index (χ1v) is 8.87. The van der Waals surface area contributed by atoms with Crippen LogP contribution < -0.4 is 10.2 Å². The van der Waals surface area contributed by atoms with E-state index in [4.69, 9.17) is 0 Å². The van der Waals surface area contributed by atoms with Crippen LogP contribution in [0.1, 0.15) is 12.5 Å². The van der Waals surface area contributed by atoms with E-state index in [9.17, 15) is 14.0 Å². The van der Waals surface area contributed by atoms with Crippen molar-refractivity contribution in [3.05, 3.63) is 78.1 Å². The molecule has 0 aliphatic carbocycles. The van der Waals surface area contributed by atoms with E-state index in [0.717, 1.165) is 16.3 Å². The van der Waals surface area contributed by atoms with Crippen molar-refractivity contribution < 1.29 is 14.0 Å². The summed E-state index contributed by atoms with van der Waals surface area (Å²) in [6, 6.07) is 19.4. The van der Waals surface area contributed by atoms with E-state index < -0.39 is 0 Å². The van der Waals surface area contributed by atoms with Crippen LogP contribution in [-0.2, 0) is 16.0 Å². The third-order valence-electron chi connectivity index (χ3n) is 4.42. The molecule has 0 aliphatic heterocycles. The number of rotatable bonds is 6. The molecule has 0 fully saturated rings. The fourth-order valence-electron chi connectivity index (χ4n) is 3.08. The molecule has 0 atom stereocenters. The van der Waals surface area contributed by atoms with Crippen molar-refractivity contribution in [2.75, 3.05) is 18.0 Å². The molecule has 0 aromatic heterocycles. The van der Waals surface area contributed by atoms with Crippen LogP contribution in [0.5, 0.6) is 0 Å². The number of carbonyl (C=O) groups excluding carboxylic acids is 2. The Morgan fingerprint density at radius 3 is 2.41 bits per heavy atom. The fraction of sp³-hybridized carbons (Fsp3) is 0.182. The van der Waals surface area contributed by atoms with Gasteiger partial charge in [0.25, 0.3) is 0 Å². The summed E-state index contributed by atoms with van der Waals surface area (Å²) >= 11 is 0. The number of fused-ring (bicyclic) bond motifs is 1. The minimum absolute atomic E-state index is 0.102. The predicted octanol–water partition coefficient (Wildman–Crippen LogP) is 3.69. The summed E-state index contributed by atoms with van der Waals surface area (Å²) in [7, 11) is 0. The quantitative estimate of drug-likeness (QED) is 0.725. The summed E-state index contributed by atoms with van der Waals surface area (Å²) in [5, 5.41) is 4.79. The van der Waals surface area contributed by atoms with Crippen LogP contribution in [0.3, 0.4) is 0 Å². The van der Waals surface area contributed by atoms with E-state index in [1.807, 2.05) is 49.4 Å². The van der Waals surface area contributed by atoms with Crippen LogP contribution in [0.25, 0.3) is 10.8 Å². The molecule has 0 bridgehead atoms. The zero-order valence-electron chi connectivity index (χ0n) is 15.1. The molecule has 5 heteroatoms. The summed E-state index contributed by atoms with van der Waals surface area (Å²) in [6.07, 6.45) is 0.206. The van der Waals surface area contributed by atoms with Gasteiger partial charge >= 0.3 is 0 Å².